The van der Waals surface area contributed by atoms with Crippen molar-refractivity contribution >= 4 is 27.2 Å². The smallest absolute Gasteiger partial charge is 0.242 e. The zero-order chi connectivity index (χ0) is 12.2. The maximum atomic E-state index is 11.8. The van der Waals surface area contributed by atoms with Gasteiger partial charge in [-0.2, -0.15) is 0 Å². The van der Waals surface area contributed by atoms with Gasteiger partial charge in [-0.15, -0.1) is 0 Å². The molecule has 1 rings (SSSR count). The molecule has 0 radical (unpaired) electrons. The number of sulfonamides is 1. The Kier molecular flexibility index (Phi) is 4.34. The van der Waals surface area contributed by atoms with Gasteiger partial charge in [-0.25, -0.2) is 13.1 Å². The standard InChI is InChI=1S/C9H13N3O2S2/c1-2-8(9(10)15)12-16(13,14)7-4-3-5-11-6-7/h3-6,8,12H,2H2,1H3,(H2,10,15). The highest BCUT2D eigenvalue weighted by Gasteiger charge is 2.20. The summed E-state index contributed by atoms with van der Waals surface area (Å²) in [6.45, 7) is 1.80. The van der Waals surface area contributed by atoms with Gasteiger partial charge < -0.3 is 5.73 Å². The number of nitrogens with one attached hydrogen (secondary N) is 1. The maximum Gasteiger partial charge on any atom is 0.242 e. The molecule has 0 bridgehead atoms. The minimum absolute atomic E-state index is 0.102. The molecule has 5 nitrogen and oxygen atoms in total. The van der Waals surface area contributed by atoms with E-state index in [-0.39, 0.29) is 9.88 Å². The van der Waals surface area contributed by atoms with E-state index in [4.69, 9.17) is 18.0 Å². The molecule has 1 atom stereocenters. The zero-order valence-electron chi connectivity index (χ0n) is 8.75. The Morgan fingerprint density at radius 1 is 1.69 bits per heavy atom. The molecule has 1 heterocycles. The fourth-order valence-electron chi connectivity index (χ4n) is 1.10. The summed E-state index contributed by atoms with van der Waals surface area (Å²) in [4.78, 5) is 3.98. The van der Waals surface area contributed by atoms with E-state index in [1.165, 1.54) is 18.5 Å². The number of hydrogen-bond donors (Lipinski definition) is 2. The van der Waals surface area contributed by atoms with Crippen molar-refractivity contribution in [3.63, 3.8) is 0 Å². The van der Waals surface area contributed by atoms with Crippen LogP contribution in [0.1, 0.15) is 13.3 Å². The highest BCUT2D eigenvalue weighted by Crippen LogP contribution is 2.07. The van der Waals surface area contributed by atoms with E-state index in [0.717, 1.165) is 0 Å². The first kappa shape index (κ1) is 13.0. The minimum Gasteiger partial charge on any atom is -0.392 e. The first-order valence-electron chi connectivity index (χ1n) is 4.69. The van der Waals surface area contributed by atoms with E-state index in [0.29, 0.717) is 6.42 Å². The molecular weight excluding hydrogens is 246 g/mol. The molecule has 0 aliphatic rings. The average molecular weight is 259 g/mol. The summed E-state index contributed by atoms with van der Waals surface area (Å²) in [7, 11) is -3.60. The van der Waals surface area contributed by atoms with E-state index in [2.05, 4.69) is 9.71 Å². The Morgan fingerprint density at radius 3 is 2.81 bits per heavy atom. The van der Waals surface area contributed by atoms with Gasteiger partial charge in [0.2, 0.25) is 10.0 Å². The molecular formula is C9H13N3O2S2. The Hall–Kier alpha value is -1.05. The van der Waals surface area contributed by atoms with Crippen LogP contribution >= 0.6 is 12.2 Å². The fraction of sp³-hybridized carbons (Fsp3) is 0.333. The summed E-state index contributed by atoms with van der Waals surface area (Å²) in [6.07, 6.45) is 3.29. The number of nitrogens with zero attached hydrogens (tertiary/aromatic N) is 1. The molecule has 7 heteroatoms. The summed E-state index contributed by atoms with van der Waals surface area (Å²) in [5, 5.41) is 0. The van der Waals surface area contributed by atoms with Crippen LogP contribution in [0.5, 0.6) is 0 Å². The monoisotopic (exact) mass is 259 g/mol. The lowest BCUT2D eigenvalue weighted by Gasteiger charge is -2.15. The van der Waals surface area contributed by atoms with Crippen molar-refractivity contribution in [2.75, 3.05) is 0 Å². The molecule has 0 spiro atoms. The van der Waals surface area contributed by atoms with Crippen LogP contribution < -0.4 is 10.5 Å². The van der Waals surface area contributed by atoms with Gasteiger partial charge in [0, 0.05) is 12.4 Å². The highest BCUT2D eigenvalue weighted by molar-refractivity contribution is 7.89. The maximum absolute atomic E-state index is 11.8. The fourth-order valence-corrected chi connectivity index (χ4v) is 2.67. The molecule has 1 aromatic heterocycles. The Bertz CT molecular complexity index is 459. The average Bonchev–Trinajstić information content (AvgIpc) is 2.27. The molecule has 0 aliphatic heterocycles. The zero-order valence-corrected chi connectivity index (χ0v) is 10.4. The second-order valence-electron chi connectivity index (χ2n) is 3.17. The first-order chi connectivity index (χ1) is 7.47. The van der Waals surface area contributed by atoms with Gasteiger partial charge in [-0.1, -0.05) is 19.1 Å². The molecule has 3 N–H and O–H groups in total. The molecule has 0 aromatic carbocycles. The van der Waals surface area contributed by atoms with E-state index >= 15 is 0 Å². The summed E-state index contributed by atoms with van der Waals surface area (Å²) >= 11 is 4.77. The number of aromatic nitrogens is 1. The Balaban J connectivity index is 2.92. The molecule has 16 heavy (non-hydrogen) atoms. The number of rotatable bonds is 5. The second kappa shape index (κ2) is 5.33. The van der Waals surface area contributed by atoms with Crippen molar-refractivity contribution in [3.8, 4) is 0 Å². The lowest BCUT2D eigenvalue weighted by atomic mass is 10.2. The normalized spacial score (nSPS) is 13.3. The van der Waals surface area contributed by atoms with Crippen molar-refractivity contribution < 1.29 is 8.42 Å². The minimum atomic E-state index is -3.60. The van der Waals surface area contributed by atoms with Crippen molar-refractivity contribution in [1.29, 1.82) is 0 Å². The van der Waals surface area contributed by atoms with Gasteiger partial charge in [-0.3, -0.25) is 4.98 Å². The highest BCUT2D eigenvalue weighted by atomic mass is 32.2. The second-order valence-corrected chi connectivity index (χ2v) is 5.36. The molecule has 0 saturated carbocycles. The lowest BCUT2D eigenvalue weighted by Crippen LogP contribution is -2.42. The van der Waals surface area contributed by atoms with Crippen LogP contribution in [0.25, 0.3) is 0 Å². The van der Waals surface area contributed by atoms with Crippen molar-refractivity contribution in [3.05, 3.63) is 24.5 Å². The first-order valence-corrected chi connectivity index (χ1v) is 6.58. The van der Waals surface area contributed by atoms with Crippen LogP contribution in [0.4, 0.5) is 0 Å². The van der Waals surface area contributed by atoms with Crippen LogP contribution in [0.15, 0.2) is 29.4 Å². The SMILES string of the molecule is CCC(NS(=O)(=O)c1cccnc1)C(N)=S. The molecule has 1 unspecified atom stereocenters. The van der Waals surface area contributed by atoms with Gasteiger partial charge in [-0.05, 0) is 18.6 Å². The van der Waals surface area contributed by atoms with E-state index in [1.54, 1.807) is 13.0 Å². The summed E-state index contributed by atoms with van der Waals surface area (Å²) in [5.74, 6) is 0. The predicted molar refractivity (Wildman–Crippen MR) is 65.4 cm³/mol. The molecule has 0 amide bonds. The molecule has 1 aromatic rings. The van der Waals surface area contributed by atoms with Gasteiger partial charge in [0.25, 0.3) is 0 Å². The quantitative estimate of drug-likeness (QED) is 0.749. The predicted octanol–water partition coefficient (Wildman–Crippen LogP) is 0.425. The van der Waals surface area contributed by atoms with Crippen LogP contribution in [-0.2, 0) is 10.0 Å². The largest absolute Gasteiger partial charge is 0.392 e. The van der Waals surface area contributed by atoms with Crippen LogP contribution in [-0.4, -0.2) is 24.4 Å². The van der Waals surface area contributed by atoms with Gasteiger partial charge in [0.05, 0.1) is 11.0 Å². The number of thiocarbonyl (C=S) groups is 1. The third kappa shape index (κ3) is 3.22. The summed E-state index contributed by atoms with van der Waals surface area (Å²) < 4.78 is 26.1. The Labute approximate surface area is 100 Å². The number of hydrogen-bond acceptors (Lipinski definition) is 4. The van der Waals surface area contributed by atoms with Crippen molar-refractivity contribution in [2.45, 2.75) is 24.3 Å². The summed E-state index contributed by atoms with van der Waals surface area (Å²) in [5.41, 5.74) is 5.42. The third-order valence-electron chi connectivity index (χ3n) is 1.99. The van der Waals surface area contributed by atoms with Gasteiger partial charge in [0.1, 0.15) is 4.90 Å². The number of nitrogens with two attached hydrogens (primary N) is 1. The van der Waals surface area contributed by atoms with E-state index in [1.807, 2.05) is 0 Å². The molecule has 0 aliphatic carbocycles. The molecule has 0 saturated heterocycles. The third-order valence-corrected chi connectivity index (χ3v) is 3.74. The number of pyridine rings is 1. The van der Waals surface area contributed by atoms with Crippen LogP contribution in [0.3, 0.4) is 0 Å². The van der Waals surface area contributed by atoms with Gasteiger partial charge >= 0.3 is 0 Å². The van der Waals surface area contributed by atoms with E-state index in [9.17, 15) is 8.42 Å². The van der Waals surface area contributed by atoms with Crippen LogP contribution in [0.2, 0.25) is 0 Å². The van der Waals surface area contributed by atoms with Crippen LogP contribution in [0, 0.1) is 0 Å². The van der Waals surface area contributed by atoms with Crippen molar-refractivity contribution in [1.82, 2.24) is 9.71 Å². The van der Waals surface area contributed by atoms with Crippen molar-refractivity contribution in [2.24, 2.45) is 5.73 Å². The van der Waals surface area contributed by atoms with Gasteiger partial charge in [0.15, 0.2) is 0 Å². The molecule has 0 fully saturated rings. The lowest BCUT2D eigenvalue weighted by molar-refractivity contribution is 0.572. The van der Waals surface area contributed by atoms with E-state index < -0.39 is 16.1 Å². The Morgan fingerprint density at radius 2 is 2.38 bits per heavy atom. The summed E-state index contributed by atoms with van der Waals surface area (Å²) in [6, 6.07) is 2.48. The molecule has 88 valence electrons. The topological polar surface area (TPSA) is 85.1 Å².